The number of thiocarbonyl (C=S) groups is 1. The third-order valence-corrected chi connectivity index (χ3v) is 2.12. The Labute approximate surface area is 59.6 Å². The lowest BCUT2D eigenvalue weighted by Gasteiger charge is -2.12. The van der Waals surface area contributed by atoms with Crippen LogP contribution in [0.5, 0.6) is 0 Å². The van der Waals surface area contributed by atoms with Gasteiger partial charge in [-0.1, -0.05) is 26.1 Å². The van der Waals surface area contributed by atoms with E-state index < -0.39 is 0 Å². The Balaban J connectivity index is 2.81. The molecule has 0 aliphatic carbocycles. The molecule has 3 heteroatoms. The molecule has 1 saturated heterocycles. The van der Waals surface area contributed by atoms with Crippen molar-refractivity contribution in [3.8, 4) is 0 Å². The first-order chi connectivity index (χ1) is 4.02. The molecule has 1 aliphatic rings. The molecular weight excluding hydrogens is 134 g/mol. The number of carbonyl (C=O) groups excluding carboxylic acids is 1. The third-order valence-electron chi connectivity index (χ3n) is 1.47. The van der Waals surface area contributed by atoms with E-state index in [0.29, 0.717) is 11.4 Å². The molecule has 0 saturated carbocycles. The van der Waals surface area contributed by atoms with Gasteiger partial charge in [0.2, 0.25) is 5.91 Å². The summed E-state index contributed by atoms with van der Waals surface area (Å²) in [6, 6.07) is 0. The van der Waals surface area contributed by atoms with Gasteiger partial charge in [-0.3, -0.25) is 4.79 Å². The normalized spacial score (nSPS) is 24.2. The predicted molar refractivity (Wildman–Crippen MR) is 39.1 cm³/mol. The summed E-state index contributed by atoms with van der Waals surface area (Å²) in [5.41, 5.74) is -0.105. The Morgan fingerprint density at radius 2 is 2.22 bits per heavy atom. The molecule has 1 fully saturated rings. The van der Waals surface area contributed by atoms with Gasteiger partial charge in [-0.15, -0.1) is 0 Å². The summed E-state index contributed by atoms with van der Waals surface area (Å²) in [7, 11) is 0. The number of rotatable bonds is 0. The fourth-order valence-electron chi connectivity index (χ4n) is 0.822. The molecule has 0 unspecified atom stereocenters. The summed E-state index contributed by atoms with van der Waals surface area (Å²) in [4.78, 5) is 11.3. The first-order valence-electron chi connectivity index (χ1n) is 2.87. The number of carbonyl (C=O) groups is 1. The zero-order chi connectivity index (χ0) is 7.07. The minimum Gasteiger partial charge on any atom is -0.320 e. The molecule has 0 aromatic heterocycles. The van der Waals surface area contributed by atoms with Crippen molar-refractivity contribution in [2.75, 3.05) is 0 Å². The zero-order valence-corrected chi connectivity index (χ0v) is 6.34. The maximum Gasteiger partial charge on any atom is 0.225 e. The van der Waals surface area contributed by atoms with Crippen LogP contribution in [0.4, 0.5) is 0 Å². The first-order valence-corrected chi connectivity index (χ1v) is 3.27. The lowest BCUT2D eigenvalue weighted by molar-refractivity contribution is -0.119. The largest absolute Gasteiger partial charge is 0.320 e. The molecule has 2 nitrogen and oxygen atoms in total. The molecule has 0 aromatic rings. The van der Waals surface area contributed by atoms with Crippen molar-refractivity contribution in [2.24, 2.45) is 5.41 Å². The van der Waals surface area contributed by atoms with E-state index in [-0.39, 0.29) is 11.3 Å². The third kappa shape index (κ3) is 1.10. The number of nitrogens with one attached hydrogen (secondary N) is 1. The van der Waals surface area contributed by atoms with Gasteiger partial charge in [0.15, 0.2) is 0 Å². The maximum absolute atomic E-state index is 10.7. The van der Waals surface area contributed by atoms with Crippen molar-refractivity contribution in [3.05, 3.63) is 0 Å². The molecule has 1 rings (SSSR count). The van der Waals surface area contributed by atoms with Crippen LogP contribution in [0.25, 0.3) is 0 Å². The Morgan fingerprint density at radius 1 is 1.67 bits per heavy atom. The molecule has 9 heavy (non-hydrogen) atoms. The SMILES string of the molecule is CC1(C)CC(=O)NC1=S. The Kier molecular flexibility index (Phi) is 1.31. The van der Waals surface area contributed by atoms with Gasteiger partial charge in [-0.2, -0.15) is 0 Å². The topological polar surface area (TPSA) is 29.1 Å². The van der Waals surface area contributed by atoms with E-state index >= 15 is 0 Å². The van der Waals surface area contributed by atoms with Crippen LogP contribution in [0.3, 0.4) is 0 Å². The molecule has 0 aromatic carbocycles. The summed E-state index contributed by atoms with van der Waals surface area (Å²) in [6.45, 7) is 3.93. The van der Waals surface area contributed by atoms with Gasteiger partial charge in [0, 0.05) is 11.8 Å². The van der Waals surface area contributed by atoms with Crippen molar-refractivity contribution in [3.63, 3.8) is 0 Å². The van der Waals surface area contributed by atoms with Crippen molar-refractivity contribution in [2.45, 2.75) is 20.3 Å². The van der Waals surface area contributed by atoms with Gasteiger partial charge in [-0.25, -0.2) is 0 Å². The Hall–Kier alpha value is -0.440. The molecule has 0 atom stereocenters. The highest BCUT2D eigenvalue weighted by Gasteiger charge is 2.34. The van der Waals surface area contributed by atoms with E-state index in [4.69, 9.17) is 12.2 Å². The highest BCUT2D eigenvalue weighted by atomic mass is 32.1. The van der Waals surface area contributed by atoms with Crippen LogP contribution in [0.2, 0.25) is 0 Å². The average Bonchev–Trinajstić information content (AvgIpc) is 1.79. The van der Waals surface area contributed by atoms with Gasteiger partial charge in [-0.05, 0) is 0 Å². The van der Waals surface area contributed by atoms with Crippen LogP contribution in [-0.2, 0) is 4.79 Å². The molecule has 1 aliphatic heterocycles. The number of hydrogen-bond acceptors (Lipinski definition) is 2. The number of amides is 1. The van der Waals surface area contributed by atoms with Crippen molar-refractivity contribution in [1.29, 1.82) is 0 Å². The molecule has 0 bridgehead atoms. The Bertz CT molecular complexity index is 174. The van der Waals surface area contributed by atoms with E-state index in [1.165, 1.54) is 0 Å². The first kappa shape index (κ1) is 6.68. The average molecular weight is 143 g/mol. The predicted octanol–water partition coefficient (Wildman–Crippen LogP) is 0.860. The minimum atomic E-state index is -0.105. The fraction of sp³-hybridized carbons (Fsp3) is 0.667. The van der Waals surface area contributed by atoms with Crippen LogP contribution >= 0.6 is 12.2 Å². The molecule has 1 heterocycles. The van der Waals surface area contributed by atoms with Gasteiger partial charge in [0.1, 0.15) is 0 Å². The van der Waals surface area contributed by atoms with Crippen LogP contribution in [0.1, 0.15) is 20.3 Å². The van der Waals surface area contributed by atoms with E-state index in [0.717, 1.165) is 0 Å². The van der Waals surface area contributed by atoms with Crippen LogP contribution < -0.4 is 5.32 Å². The maximum atomic E-state index is 10.7. The fourth-order valence-corrected chi connectivity index (χ4v) is 1.01. The van der Waals surface area contributed by atoms with Crippen LogP contribution in [-0.4, -0.2) is 10.9 Å². The second-order valence-electron chi connectivity index (χ2n) is 2.94. The molecule has 50 valence electrons. The molecule has 1 amide bonds. The van der Waals surface area contributed by atoms with Crippen LogP contribution in [0, 0.1) is 5.41 Å². The van der Waals surface area contributed by atoms with Crippen molar-refractivity contribution < 1.29 is 4.79 Å². The van der Waals surface area contributed by atoms with E-state index in [1.807, 2.05) is 13.8 Å². The summed E-state index contributed by atoms with van der Waals surface area (Å²) >= 11 is 4.90. The van der Waals surface area contributed by atoms with E-state index in [2.05, 4.69) is 5.32 Å². The summed E-state index contributed by atoms with van der Waals surface area (Å²) in [6.07, 6.45) is 0.534. The van der Waals surface area contributed by atoms with Crippen molar-refractivity contribution >= 4 is 23.1 Å². The molecule has 0 spiro atoms. The van der Waals surface area contributed by atoms with Gasteiger partial charge < -0.3 is 5.32 Å². The summed E-state index contributed by atoms with van der Waals surface area (Å²) in [5, 5.41) is 2.60. The van der Waals surface area contributed by atoms with Gasteiger partial charge >= 0.3 is 0 Å². The molecular formula is C6H9NOS. The highest BCUT2D eigenvalue weighted by Crippen LogP contribution is 2.26. The summed E-state index contributed by atoms with van der Waals surface area (Å²) in [5.74, 6) is 0.0463. The van der Waals surface area contributed by atoms with Crippen LogP contribution in [0.15, 0.2) is 0 Å². The highest BCUT2D eigenvalue weighted by molar-refractivity contribution is 7.80. The summed E-state index contributed by atoms with van der Waals surface area (Å²) < 4.78 is 0. The Morgan fingerprint density at radius 3 is 2.33 bits per heavy atom. The van der Waals surface area contributed by atoms with E-state index in [9.17, 15) is 4.79 Å². The minimum absolute atomic E-state index is 0.0463. The lowest BCUT2D eigenvalue weighted by atomic mass is 9.93. The quantitative estimate of drug-likeness (QED) is 0.509. The van der Waals surface area contributed by atoms with Crippen molar-refractivity contribution in [1.82, 2.24) is 5.32 Å². The molecule has 0 radical (unpaired) electrons. The molecule has 1 N–H and O–H groups in total. The van der Waals surface area contributed by atoms with Gasteiger partial charge in [0.05, 0.1) is 4.99 Å². The van der Waals surface area contributed by atoms with E-state index in [1.54, 1.807) is 0 Å². The van der Waals surface area contributed by atoms with Gasteiger partial charge in [0.25, 0.3) is 0 Å². The second kappa shape index (κ2) is 1.77. The standard InChI is InChI=1S/C6H9NOS/c1-6(2)3-4(8)7-5(6)9/h3H2,1-2H3,(H,7,8,9). The zero-order valence-electron chi connectivity index (χ0n) is 5.52. The monoisotopic (exact) mass is 143 g/mol. The second-order valence-corrected chi connectivity index (χ2v) is 3.35. The smallest absolute Gasteiger partial charge is 0.225 e. The number of hydrogen-bond donors (Lipinski definition) is 1. The lowest BCUT2D eigenvalue weighted by Crippen LogP contribution is -2.24.